The third-order valence-electron chi connectivity index (χ3n) is 2.59. The van der Waals surface area contributed by atoms with Crippen LogP contribution in [0.25, 0.3) is 16.9 Å². The van der Waals surface area contributed by atoms with Gasteiger partial charge in [0, 0.05) is 9.77 Å². The fourth-order valence-electron chi connectivity index (χ4n) is 1.83. The Labute approximate surface area is 127 Å². The van der Waals surface area contributed by atoms with Gasteiger partial charge in [-0.1, -0.05) is 11.6 Å². The zero-order valence-electron chi connectivity index (χ0n) is 9.02. The van der Waals surface area contributed by atoms with Gasteiger partial charge in [-0.05, 0) is 65.1 Å². The lowest BCUT2D eigenvalue weighted by Gasteiger charge is -2.06. The molecule has 0 aliphatic carbocycles. The Morgan fingerprint density at radius 3 is 2.94 bits per heavy atom. The van der Waals surface area contributed by atoms with Crippen LogP contribution < -0.4 is 0 Å². The molecule has 3 aromatic rings. The smallest absolute Gasteiger partial charge is 0.184 e. The van der Waals surface area contributed by atoms with Crippen LogP contribution >= 0.6 is 46.4 Å². The Hall–Kier alpha value is -0.920. The van der Waals surface area contributed by atoms with Crippen LogP contribution in [0.4, 0.5) is 0 Å². The topological polar surface area (TPSA) is 33.6 Å². The van der Waals surface area contributed by atoms with Crippen LogP contribution in [-0.4, -0.2) is 14.5 Å². The minimum absolute atomic E-state index is 0.590. The molecule has 0 atom stereocenters. The van der Waals surface area contributed by atoms with Crippen LogP contribution in [0.3, 0.4) is 0 Å². The number of nitrogens with one attached hydrogen (secondary N) is 1. The van der Waals surface area contributed by atoms with E-state index in [0.29, 0.717) is 9.79 Å². The minimum Gasteiger partial charge on any atom is -0.329 e. The standard InChI is InChI=1S/C12H7ClIN3S/c13-8-6-7(14)3-4-10(8)17-11-9(16-12(17)18)2-1-5-15-11/h1-6H,(H,16,18). The van der Waals surface area contributed by atoms with Gasteiger partial charge in [-0.2, -0.15) is 0 Å². The molecule has 1 N–H and O–H groups in total. The van der Waals surface area contributed by atoms with E-state index in [0.717, 1.165) is 20.4 Å². The predicted octanol–water partition coefficient (Wildman–Crippen LogP) is 4.34. The SMILES string of the molecule is S=c1[nH]c2cccnc2n1-c1ccc(I)cc1Cl. The molecule has 0 fully saturated rings. The van der Waals surface area contributed by atoms with Crippen molar-refractivity contribution in [2.24, 2.45) is 0 Å². The Balaban J connectivity index is 2.38. The Kier molecular flexibility index (Phi) is 3.13. The molecule has 18 heavy (non-hydrogen) atoms. The maximum Gasteiger partial charge on any atom is 0.184 e. The molecule has 90 valence electrons. The summed E-state index contributed by atoms with van der Waals surface area (Å²) >= 11 is 13.8. The summed E-state index contributed by atoms with van der Waals surface area (Å²) in [4.78, 5) is 7.47. The van der Waals surface area contributed by atoms with E-state index in [1.165, 1.54) is 0 Å². The van der Waals surface area contributed by atoms with Gasteiger partial charge in [0.05, 0.1) is 16.2 Å². The summed E-state index contributed by atoms with van der Waals surface area (Å²) in [6, 6.07) is 9.65. The highest BCUT2D eigenvalue weighted by Crippen LogP contribution is 2.26. The molecule has 0 amide bonds. The van der Waals surface area contributed by atoms with Gasteiger partial charge in [-0.25, -0.2) is 4.98 Å². The first-order chi connectivity index (χ1) is 8.66. The number of imidazole rings is 1. The third kappa shape index (κ3) is 1.96. The van der Waals surface area contributed by atoms with Crippen LogP contribution in [0, 0.1) is 8.34 Å². The van der Waals surface area contributed by atoms with Crippen LogP contribution in [-0.2, 0) is 0 Å². The second kappa shape index (κ2) is 4.64. The first-order valence-electron chi connectivity index (χ1n) is 5.18. The predicted molar refractivity (Wildman–Crippen MR) is 84.0 cm³/mol. The number of rotatable bonds is 1. The number of H-pyrrole nitrogens is 1. The van der Waals surface area contributed by atoms with Crippen molar-refractivity contribution < 1.29 is 0 Å². The summed E-state index contributed by atoms with van der Waals surface area (Å²) in [6.07, 6.45) is 1.74. The van der Waals surface area contributed by atoms with Gasteiger partial charge in [0.2, 0.25) is 0 Å². The maximum atomic E-state index is 6.28. The molecule has 0 saturated heterocycles. The molecule has 3 rings (SSSR count). The first-order valence-corrected chi connectivity index (χ1v) is 7.04. The second-order valence-electron chi connectivity index (χ2n) is 3.74. The van der Waals surface area contributed by atoms with Crippen LogP contribution in [0.15, 0.2) is 36.5 Å². The lowest BCUT2D eigenvalue weighted by Crippen LogP contribution is -1.96. The molecule has 0 unspecified atom stereocenters. The van der Waals surface area contributed by atoms with Crippen molar-refractivity contribution in [1.29, 1.82) is 0 Å². The van der Waals surface area contributed by atoms with Crippen molar-refractivity contribution in [2.75, 3.05) is 0 Å². The molecular weight excluding hydrogens is 381 g/mol. The number of nitrogens with zero attached hydrogens (tertiary/aromatic N) is 2. The normalized spacial score (nSPS) is 11.0. The number of hydrogen-bond donors (Lipinski definition) is 1. The molecule has 0 spiro atoms. The highest BCUT2D eigenvalue weighted by atomic mass is 127. The van der Waals surface area contributed by atoms with Gasteiger partial charge in [0.1, 0.15) is 0 Å². The summed E-state index contributed by atoms with van der Waals surface area (Å²) in [5, 5.41) is 0.657. The van der Waals surface area contributed by atoms with E-state index < -0.39 is 0 Å². The van der Waals surface area contributed by atoms with Crippen molar-refractivity contribution in [3.63, 3.8) is 0 Å². The van der Waals surface area contributed by atoms with Crippen molar-refractivity contribution in [3.8, 4) is 5.69 Å². The lowest BCUT2D eigenvalue weighted by molar-refractivity contribution is 1.04. The van der Waals surface area contributed by atoms with Gasteiger partial charge in [0.15, 0.2) is 10.4 Å². The zero-order valence-corrected chi connectivity index (χ0v) is 12.8. The largest absolute Gasteiger partial charge is 0.329 e. The molecule has 0 aliphatic heterocycles. The van der Waals surface area contributed by atoms with Crippen LogP contribution in [0.2, 0.25) is 5.02 Å². The summed E-state index contributed by atoms with van der Waals surface area (Å²) < 4.78 is 3.52. The molecule has 1 aromatic carbocycles. The minimum atomic E-state index is 0.590. The monoisotopic (exact) mass is 387 g/mol. The Morgan fingerprint density at radius 1 is 1.33 bits per heavy atom. The number of hydrogen-bond acceptors (Lipinski definition) is 2. The molecule has 2 heterocycles. The number of halogens is 2. The van der Waals surface area contributed by atoms with E-state index in [1.54, 1.807) is 6.20 Å². The van der Waals surface area contributed by atoms with E-state index in [4.69, 9.17) is 23.8 Å². The number of benzene rings is 1. The number of aromatic amines is 1. The van der Waals surface area contributed by atoms with Gasteiger partial charge in [-0.3, -0.25) is 4.57 Å². The quantitative estimate of drug-likeness (QED) is 0.498. The lowest BCUT2D eigenvalue weighted by atomic mass is 10.3. The zero-order chi connectivity index (χ0) is 12.7. The summed E-state index contributed by atoms with van der Waals surface area (Å²) in [5.74, 6) is 0. The molecule has 0 saturated carbocycles. The van der Waals surface area contributed by atoms with Gasteiger partial charge in [-0.15, -0.1) is 0 Å². The second-order valence-corrected chi connectivity index (χ2v) is 5.78. The Bertz CT molecular complexity index is 793. The molecule has 0 bridgehead atoms. The van der Waals surface area contributed by atoms with Crippen molar-refractivity contribution in [3.05, 3.63) is 49.9 Å². The maximum absolute atomic E-state index is 6.28. The van der Waals surface area contributed by atoms with E-state index in [9.17, 15) is 0 Å². The Morgan fingerprint density at radius 2 is 2.17 bits per heavy atom. The van der Waals surface area contributed by atoms with Crippen molar-refractivity contribution in [1.82, 2.24) is 14.5 Å². The number of fused-ring (bicyclic) bond motifs is 1. The summed E-state index contributed by atoms with van der Waals surface area (Å²) in [7, 11) is 0. The third-order valence-corrected chi connectivity index (χ3v) is 3.85. The van der Waals surface area contributed by atoms with Crippen molar-refractivity contribution in [2.45, 2.75) is 0 Å². The molecule has 0 aliphatic rings. The number of aromatic nitrogens is 3. The molecule has 0 radical (unpaired) electrons. The summed E-state index contributed by atoms with van der Waals surface area (Å²) in [6.45, 7) is 0. The fourth-order valence-corrected chi connectivity index (χ4v) is 3.06. The van der Waals surface area contributed by atoms with E-state index in [-0.39, 0.29) is 0 Å². The van der Waals surface area contributed by atoms with E-state index in [2.05, 4.69) is 32.6 Å². The average Bonchev–Trinajstić information content (AvgIpc) is 2.66. The van der Waals surface area contributed by atoms with Gasteiger partial charge >= 0.3 is 0 Å². The van der Waals surface area contributed by atoms with E-state index in [1.807, 2.05) is 34.9 Å². The van der Waals surface area contributed by atoms with Crippen molar-refractivity contribution >= 4 is 57.6 Å². The molecule has 6 heteroatoms. The number of pyridine rings is 1. The van der Waals surface area contributed by atoms with Gasteiger partial charge < -0.3 is 4.98 Å². The van der Waals surface area contributed by atoms with Crippen LogP contribution in [0.5, 0.6) is 0 Å². The van der Waals surface area contributed by atoms with E-state index >= 15 is 0 Å². The molecule has 3 nitrogen and oxygen atoms in total. The average molecular weight is 388 g/mol. The molecular formula is C12H7ClIN3S. The highest BCUT2D eigenvalue weighted by Gasteiger charge is 2.10. The fraction of sp³-hybridized carbons (Fsp3) is 0. The summed E-state index contributed by atoms with van der Waals surface area (Å²) in [5.41, 5.74) is 2.52. The van der Waals surface area contributed by atoms with Crippen LogP contribution in [0.1, 0.15) is 0 Å². The highest BCUT2D eigenvalue weighted by molar-refractivity contribution is 14.1. The molecule has 2 aromatic heterocycles. The first kappa shape index (κ1) is 12.1. The van der Waals surface area contributed by atoms with Gasteiger partial charge in [0.25, 0.3) is 0 Å².